The number of hydrogen-bond acceptors (Lipinski definition) is 3. The van der Waals surface area contributed by atoms with Crippen molar-refractivity contribution >= 4 is 12.9 Å². The summed E-state index contributed by atoms with van der Waals surface area (Å²) in [5, 5.41) is 7.58. The van der Waals surface area contributed by atoms with Crippen LogP contribution in [0.2, 0.25) is 0 Å². The van der Waals surface area contributed by atoms with Crippen LogP contribution in [0.4, 0.5) is 0 Å². The number of rotatable bonds is 1. The maximum atomic E-state index is 7.58. The summed E-state index contributed by atoms with van der Waals surface area (Å²) < 4.78 is 3.79. The van der Waals surface area contributed by atoms with Gasteiger partial charge in [0.1, 0.15) is 0 Å². The third-order valence-electron chi connectivity index (χ3n) is 0.0577. The third-order valence-corrected chi connectivity index (χ3v) is 0.173. The van der Waals surface area contributed by atoms with Gasteiger partial charge in [-0.1, -0.05) is 0 Å². The van der Waals surface area contributed by atoms with Crippen molar-refractivity contribution in [3.05, 3.63) is 0 Å². The second kappa shape index (κ2) is 3.27. The first-order valence-corrected chi connectivity index (χ1v) is 1.15. The molecule has 0 saturated carbocycles. The predicted molar refractivity (Wildman–Crippen MR) is 17.2 cm³/mol. The topological polar surface area (TPSA) is 29.5 Å². The minimum Gasteiger partial charge on any atom is -0.370 e. The van der Waals surface area contributed by atoms with Gasteiger partial charge in [-0.05, 0) is 12.9 Å². The van der Waals surface area contributed by atoms with Gasteiger partial charge in [0.25, 0.3) is 0 Å². The molecule has 0 heterocycles. The average Bonchev–Trinajstić information content (AvgIpc) is 1.37. The Morgan fingerprint density at radius 2 is 2.25 bits per heavy atom. The molecule has 0 aromatic rings. The van der Waals surface area contributed by atoms with Gasteiger partial charge in [0.05, 0.1) is 0 Å². The second-order valence-electron chi connectivity index (χ2n) is 0.258. The van der Waals surface area contributed by atoms with Crippen molar-refractivity contribution in [3.8, 4) is 0 Å². The molecule has 0 unspecified atom stereocenters. The summed E-state index contributed by atoms with van der Waals surface area (Å²) >= 11 is 3.17. The Labute approximate surface area is 30.0 Å². The quantitative estimate of drug-likeness (QED) is 0.259. The van der Waals surface area contributed by atoms with Gasteiger partial charge in [-0.2, -0.15) is 0 Å². The van der Waals surface area contributed by atoms with Crippen LogP contribution >= 0.6 is 12.9 Å². The molecule has 2 nitrogen and oxygen atoms in total. The molecule has 3 heteroatoms. The molecule has 0 bridgehead atoms. The fourth-order valence-corrected chi connectivity index (χ4v) is 0. The van der Waals surface area contributed by atoms with E-state index in [1.54, 1.807) is 0 Å². The third kappa shape index (κ3) is 2.27. The highest BCUT2D eigenvalue weighted by molar-refractivity contribution is 7.75. The number of thiol groups is 1. The molecule has 1 N–H and O–H groups in total. The Kier molecular flexibility index (Phi) is 3.49. The lowest BCUT2D eigenvalue weighted by atomic mass is 11.6. The van der Waals surface area contributed by atoms with Crippen molar-refractivity contribution in [2.45, 2.75) is 0 Å². The van der Waals surface area contributed by atoms with E-state index in [4.69, 9.17) is 5.11 Å². The van der Waals surface area contributed by atoms with E-state index in [1.807, 2.05) is 0 Å². The summed E-state index contributed by atoms with van der Waals surface area (Å²) in [6, 6.07) is 0. The molecular weight excluding hydrogens is 76.1 g/mol. The van der Waals surface area contributed by atoms with Gasteiger partial charge >= 0.3 is 0 Å². The monoisotopic (exact) mass is 80.0 g/mol. The summed E-state index contributed by atoms with van der Waals surface area (Å²) in [4.78, 5) is 0. The fraction of sp³-hybridized carbons (Fsp3) is 1.00. The van der Waals surface area contributed by atoms with E-state index in [0.717, 1.165) is 0 Å². The molecule has 0 aromatic heterocycles. The van der Waals surface area contributed by atoms with Crippen LogP contribution in [0, 0.1) is 0 Å². The van der Waals surface area contributed by atoms with E-state index in [-0.39, 0.29) is 6.79 Å². The molecule has 0 saturated heterocycles. The van der Waals surface area contributed by atoms with Crippen molar-refractivity contribution in [3.63, 3.8) is 0 Å². The van der Waals surface area contributed by atoms with E-state index in [2.05, 4.69) is 17.1 Å². The van der Waals surface area contributed by atoms with Crippen LogP contribution in [0.25, 0.3) is 0 Å². The van der Waals surface area contributed by atoms with E-state index in [0.29, 0.717) is 0 Å². The first-order chi connectivity index (χ1) is 1.91. The van der Waals surface area contributed by atoms with E-state index >= 15 is 0 Å². The molecular formula is CH4O2S. The van der Waals surface area contributed by atoms with Gasteiger partial charge in [0.15, 0.2) is 6.79 Å². The minimum absolute atomic E-state index is 0.316. The molecule has 0 fully saturated rings. The molecule has 0 amide bonds. The van der Waals surface area contributed by atoms with E-state index in [9.17, 15) is 0 Å². The highest BCUT2D eigenvalue weighted by atomic mass is 32.1. The maximum Gasteiger partial charge on any atom is 0.156 e. The van der Waals surface area contributed by atoms with E-state index < -0.39 is 0 Å². The lowest BCUT2D eigenvalue weighted by Gasteiger charge is -1.74. The molecule has 4 heavy (non-hydrogen) atoms. The van der Waals surface area contributed by atoms with Gasteiger partial charge in [0.2, 0.25) is 0 Å². The molecule has 26 valence electrons. The van der Waals surface area contributed by atoms with Crippen molar-refractivity contribution < 1.29 is 9.29 Å². The summed E-state index contributed by atoms with van der Waals surface area (Å²) in [5.74, 6) is 0. The number of hydrogen-bond donors (Lipinski definition) is 2. The van der Waals surface area contributed by atoms with Crippen LogP contribution in [0.5, 0.6) is 0 Å². The van der Waals surface area contributed by atoms with Crippen molar-refractivity contribution in [2.24, 2.45) is 0 Å². The SMILES string of the molecule is OCOS. The first-order valence-electron chi connectivity index (χ1n) is 0.787. The molecule has 0 atom stereocenters. The minimum atomic E-state index is -0.316. The molecule has 0 spiro atoms. The van der Waals surface area contributed by atoms with Crippen molar-refractivity contribution in [1.29, 1.82) is 0 Å². The summed E-state index contributed by atoms with van der Waals surface area (Å²) in [6.45, 7) is -0.316. The largest absolute Gasteiger partial charge is 0.370 e. The van der Waals surface area contributed by atoms with Gasteiger partial charge < -0.3 is 5.11 Å². The maximum absolute atomic E-state index is 7.58. The van der Waals surface area contributed by atoms with Crippen LogP contribution in [0.3, 0.4) is 0 Å². The van der Waals surface area contributed by atoms with Crippen LogP contribution in [-0.2, 0) is 4.18 Å². The van der Waals surface area contributed by atoms with Crippen LogP contribution in [0.15, 0.2) is 0 Å². The first kappa shape index (κ1) is 4.27. The van der Waals surface area contributed by atoms with Crippen LogP contribution < -0.4 is 0 Å². The highest BCUT2D eigenvalue weighted by Crippen LogP contribution is 1.66. The van der Waals surface area contributed by atoms with Gasteiger partial charge in [-0.15, -0.1) is 0 Å². The average molecular weight is 80.1 g/mol. The van der Waals surface area contributed by atoms with Crippen molar-refractivity contribution in [1.82, 2.24) is 0 Å². The summed E-state index contributed by atoms with van der Waals surface area (Å²) in [7, 11) is 0. The Bertz CT molecular complexity index is 8.00. The Hall–Kier alpha value is 0.270. The van der Waals surface area contributed by atoms with Crippen LogP contribution in [-0.4, -0.2) is 11.9 Å². The molecule has 0 aliphatic rings. The Morgan fingerprint density at radius 1 is 2.00 bits per heavy atom. The summed E-state index contributed by atoms with van der Waals surface area (Å²) in [6.07, 6.45) is 0. The van der Waals surface area contributed by atoms with Gasteiger partial charge in [-0.3, -0.25) is 4.18 Å². The smallest absolute Gasteiger partial charge is 0.156 e. The zero-order valence-electron chi connectivity index (χ0n) is 2.01. The lowest BCUT2D eigenvalue weighted by Crippen LogP contribution is -1.72. The zero-order chi connectivity index (χ0) is 3.41. The highest BCUT2D eigenvalue weighted by Gasteiger charge is 1.53. The fourth-order valence-electron chi connectivity index (χ4n) is 0. The number of aliphatic hydroxyl groups is 1. The van der Waals surface area contributed by atoms with E-state index in [1.165, 1.54) is 0 Å². The molecule has 0 radical (unpaired) electrons. The standard InChI is InChI=1S/CH4O2S/c2-1-3-4/h2,4H,1H2. The normalized spacial score (nSPS) is 7.50. The molecule has 0 aromatic carbocycles. The second-order valence-corrected chi connectivity index (χ2v) is 0.516. The molecule has 0 rings (SSSR count). The van der Waals surface area contributed by atoms with Crippen LogP contribution in [0.1, 0.15) is 0 Å². The lowest BCUT2D eigenvalue weighted by molar-refractivity contribution is 0.123. The zero-order valence-corrected chi connectivity index (χ0v) is 2.90. The van der Waals surface area contributed by atoms with Gasteiger partial charge in [0, 0.05) is 0 Å². The Balaban J connectivity index is 1.97. The van der Waals surface area contributed by atoms with Gasteiger partial charge in [-0.25, -0.2) is 0 Å². The Morgan fingerprint density at radius 3 is 2.25 bits per heavy atom. The number of aliphatic hydroxyl groups excluding tert-OH is 1. The predicted octanol–water partition coefficient (Wildman–Crippen LogP) is -0.202. The van der Waals surface area contributed by atoms with Crippen molar-refractivity contribution in [2.75, 3.05) is 6.79 Å². The molecule has 0 aliphatic heterocycles. The summed E-state index contributed by atoms with van der Waals surface area (Å²) in [5.41, 5.74) is 0. The molecule has 0 aliphatic carbocycles.